The SMILES string of the molecule is O=C(Nc1ccncc1)NC1CCOc2ccccc21. The zero-order valence-corrected chi connectivity index (χ0v) is 10.9. The van der Waals surface area contributed by atoms with E-state index < -0.39 is 0 Å². The highest BCUT2D eigenvalue weighted by Crippen LogP contribution is 2.31. The lowest BCUT2D eigenvalue weighted by molar-refractivity contribution is 0.232. The van der Waals surface area contributed by atoms with Gasteiger partial charge in [0.15, 0.2) is 0 Å². The lowest BCUT2D eigenvalue weighted by Crippen LogP contribution is -2.35. The van der Waals surface area contributed by atoms with Crippen LogP contribution in [-0.2, 0) is 0 Å². The molecule has 5 heteroatoms. The van der Waals surface area contributed by atoms with Crippen molar-refractivity contribution in [2.45, 2.75) is 12.5 Å². The van der Waals surface area contributed by atoms with Crippen molar-refractivity contribution in [3.63, 3.8) is 0 Å². The van der Waals surface area contributed by atoms with E-state index in [4.69, 9.17) is 4.74 Å². The summed E-state index contributed by atoms with van der Waals surface area (Å²) in [6.07, 6.45) is 4.04. The number of nitrogens with zero attached hydrogens (tertiary/aromatic N) is 1. The first kappa shape index (κ1) is 12.5. The Morgan fingerprint density at radius 3 is 2.85 bits per heavy atom. The molecule has 5 nitrogen and oxygen atoms in total. The molecule has 1 aliphatic heterocycles. The van der Waals surface area contributed by atoms with E-state index in [0.29, 0.717) is 6.61 Å². The molecule has 1 aromatic heterocycles. The Labute approximate surface area is 117 Å². The molecular weight excluding hydrogens is 254 g/mol. The van der Waals surface area contributed by atoms with Crippen LogP contribution in [0.1, 0.15) is 18.0 Å². The minimum atomic E-state index is -0.224. The summed E-state index contributed by atoms with van der Waals surface area (Å²) in [5, 5.41) is 5.76. The maximum absolute atomic E-state index is 12.0. The quantitative estimate of drug-likeness (QED) is 0.881. The van der Waals surface area contributed by atoms with Crippen LogP contribution in [0.5, 0.6) is 5.75 Å². The van der Waals surface area contributed by atoms with Gasteiger partial charge >= 0.3 is 6.03 Å². The molecule has 2 aromatic rings. The van der Waals surface area contributed by atoms with Crippen LogP contribution < -0.4 is 15.4 Å². The Morgan fingerprint density at radius 2 is 2.00 bits per heavy atom. The van der Waals surface area contributed by atoms with Crippen LogP contribution in [0.15, 0.2) is 48.8 Å². The molecule has 1 unspecified atom stereocenters. The highest BCUT2D eigenvalue weighted by atomic mass is 16.5. The second-order valence-corrected chi connectivity index (χ2v) is 4.56. The van der Waals surface area contributed by atoms with E-state index >= 15 is 0 Å². The molecular formula is C15H15N3O2. The van der Waals surface area contributed by atoms with Crippen LogP contribution in [0.2, 0.25) is 0 Å². The average molecular weight is 269 g/mol. The number of pyridine rings is 1. The van der Waals surface area contributed by atoms with Crippen LogP contribution in [0.25, 0.3) is 0 Å². The summed E-state index contributed by atoms with van der Waals surface area (Å²) in [6, 6.07) is 11.0. The predicted molar refractivity (Wildman–Crippen MR) is 75.7 cm³/mol. The van der Waals surface area contributed by atoms with E-state index in [1.165, 1.54) is 0 Å². The number of fused-ring (bicyclic) bond motifs is 1. The summed E-state index contributed by atoms with van der Waals surface area (Å²) in [4.78, 5) is 15.9. The number of urea groups is 1. The van der Waals surface area contributed by atoms with E-state index in [2.05, 4.69) is 15.6 Å². The third-order valence-corrected chi connectivity index (χ3v) is 3.20. The van der Waals surface area contributed by atoms with Gasteiger partial charge in [0.25, 0.3) is 0 Å². The first-order valence-corrected chi connectivity index (χ1v) is 6.52. The molecule has 0 saturated heterocycles. The highest BCUT2D eigenvalue weighted by molar-refractivity contribution is 5.89. The van der Waals surface area contributed by atoms with Crippen LogP contribution >= 0.6 is 0 Å². The Morgan fingerprint density at radius 1 is 1.20 bits per heavy atom. The summed E-state index contributed by atoms with van der Waals surface area (Å²) in [7, 11) is 0. The Bertz CT molecular complexity index is 601. The zero-order chi connectivity index (χ0) is 13.8. The van der Waals surface area contributed by atoms with Gasteiger partial charge in [-0.15, -0.1) is 0 Å². The average Bonchev–Trinajstić information content (AvgIpc) is 2.48. The smallest absolute Gasteiger partial charge is 0.319 e. The molecule has 3 rings (SSSR count). The van der Waals surface area contributed by atoms with Gasteiger partial charge < -0.3 is 15.4 Å². The van der Waals surface area contributed by atoms with E-state index in [-0.39, 0.29) is 12.1 Å². The van der Waals surface area contributed by atoms with Gasteiger partial charge in [-0.25, -0.2) is 4.79 Å². The summed E-state index contributed by atoms with van der Waals surface area (Å²) >= 11 is 0. The standard InChI is InChI=1S/C15H15N3O2/c19-15(17-11-5-8-16-9-6-11)18-13-7-10-20-14-4-2-1-3-12(13)14/h1-6,8-9,13H,7,10H2,(H2,16,17,18,19). The van der Waals surface area contributed by atoms with Crippen molar-refractivity contribution in [3.05, 3.63) is 54.4 Å². The largest absolute Gasteiger partial charge is 0.493 e. The Balaban J connectivity index is 1.68. The molecule has 1 aromatic carbocycles. The molecule has 0 spiro atoms. The molecule has 0 radical (unpaired) electrons. The van der Waals surface area contributed by atoms with Gasteiger partial charge in [-0.3, -0.25) is 4.98 Å². The van der Waals surface area contributed by atoms with Gasteiger partial charge in [0.1, 0.15) is 5.75 Å². The van der Waals surface area contributed by atoms with Crippen molar-refractivity contribution in [2.75, 3.05) is 11.9 Å². The first-order chi connectivity index (χ1) is 9.83. The molecule has 1 aliphatic rings. The van der Waals surface area contributed by atoms with Gasteiger partial charge in [0.2, 0.25) is 0 Å². The molecule has 0 saturated carbocycles. The highest BCUT2D eigenvalue weighted by Gasteiger charge is 2.22. The maximum atomic E-state index is 12.0. The lowest BCUT2D eigenvalue weighted by Gasteiger charge is -2.26. The monoisotopic (exact) mass is 269 g/mol. The molecule has 0 fully saturated rings. The van der Waals surface area contributed by atoms with E-state index in [1.807, 2.05) is 24.3 Å². The van der Waals surface area contributed by atoms with Crippen molar-refractivity contribution < 1.29 is 9.53 Å². The van der Waals surface area contributed by atoms with Crippen molar-refractivity contribution in [2.24, 2.45) is 0 Å². The van der Waals surface area contributed by atoms with Crippen LogP contribution in [-0.4, -0.2) is 17.6 Å². The number of amides is 2. The van der Waals surface area contributed by atoms with Crippen molar-refractivity contribution in [3.8, 4) is 5.75 Å². The van der Waals surface area contributed by atoms with Crippen LogP contribution in [0.3, 0.4) is 0 Å². The van der Waals surface area contributed by atoms with Crippen molar-refractivity contribution in [1.29, 1.82) is 0 Å². The number of benzene rings is 1. The van der Waals surface area contributed by atoms with Crippen LogP contribution in [0.4, 0.5) is 10.5 Å². The third-order valence-electron chi connectivity index (χ3n) is 3.20. The normalized spacial score (nSPS) is 16.7. The number of carbonyl (C=O) groups is 1. The number of rotatable bonds is 2. The van der Waals surface area contributed by atoms with Gasteiger partial charge in [0, 0.05) is 30.1 Å². The van der Waals surface area contributed by atoms with E-state index in [0.717, 1.165) is 23.4 Å². The zero-order valence-electron chi connectivity index (χ0n) is 10.9. The maximum Gasteiger partial charge on any atom is 0.319 e. The molecule has 2 heterocycles. The lowest BCUT2D eigenvalue weighted by atomic mass is 10.0. The molecule has 20 heavy (non-hydrogen) atoms. The number of hydrogen-bond acceptors (Lipinski definition) is 3. The number of para-hydroxylation sites is 1. The molecule has 0 aliphatic carbocycles. The predicted octanol–water partition coefficient (Wildman–Crippen LogP) is 2.73. The van der Waals surface area contributed by atoms with Crippen LogP contribution in [0, 0.1) is 0 Å². The van der Waals surface area contributed by atoms with Gasteiger partial charge in [0.05, 0.1) is 12.6 Å². The number of anilines is 1. The number of nitrogens with one attached hydrogen (secondary N) is 2. The number of hydrogen-bond donors (Lipinski definition) is 2. The van der Waals surface area contributed by atoms with Crippen molar-refractivity contribution >= 4 is 11.7 Å². The van der Waals surface area contributed by atoms with Gasteiger partial charge in [-0.2, -0.15) is 0 Å². The van der Waals surface area contributed by atoms with Crippen molar-refractivity contribution in [1.82, 2.24) is 10.3 Å². The molecule has 1 atom stereocenters. The fraction of sp³-hybridized carbons (Fsp3) is 0.200. The second-order valence-electron chi connectivity index (χ2n) is 4.56. The first-order valence-electron chi connectivity index (χ1n) is 6.52. The topological polar surface area (TPSA) is 63.2 Å². The number of ether oxygens (including phenoxy) is 1. The fourth-order valence-corrected chi connectivity index (χ4v) is 2.25. The summed E-state index contributed by atoms with van der Waals surface area (Å²) in [6.45, 7) is 0.608. The number of carbonyl (C=O) groups excluding carboxylic acids is 1. The summed E-state index contributed by atoms with van der Waals surface area (Å²) in [5.74, 6) is 0.841. The van der Waals surface area contributed by atoms with E-state index in [9.17, 15) is 4.79 Å². The number of aromatic nitrogens is 1. The molecule has 2 amide bonds. The molecule has 102 valence electrons. The minimum Gasteiger partial charge on any atom is -0.493 e. The summed E-state index contributed by atoms with van der Waals surface area (Å²) < 4.78 is 5.57. The molecule has 0 bridgehead atoms. The Hall–Kier alpha value is -2.56. The Kier molecular flexibility index (Phi) is 3.50. The fourth-order valence-electron chi connectivity index (χ4n) is 2.25. The van der Waals surface area contributed by atoms with E-state index in [1.54, 1.807) is 24.5 Å². The van der Waals surface area contributed by atoms with Gasteiger partial charge in [-0.05, 0) is 18.2 Å². The minimum absolute atomic E-state index is 0.0261. The molecule has 2 N–H and O–H groups in total. The summed E-state index contributed by atoms with van der Waals surface area (Å²) in [5.41, 5.74) is 1.74. The third kappa shape index (κ3) is 2.71. The second kappa shape index (κ2) is 5.61. The van der Waals surface area contributed by atoms with Gasteiger partial charge in [-0.1, -0.05) is 18.2 Å².